The summed E-state index contributed by atoms with van der Waals surface area (Å²) >= 11 is 0. The van der Waals surface area contributed by atoms with Gasteiger partial charge in [-0.05, 0) is 67.3 Å². The molecule has 5 atom stereocenters. The lowest BCUT2D eigenvalue weighted by molar-refractivity contribution is -0.123. The number of amides is 3. The summed E-state index contributed by atoms with van der Waals surface area (Å²) in [6.45, 7) is 1.19. The van der Waals surface area contributed by atoms with E-state index in [1.165, 1.54) is 22.6 Å². The molecule has 9 nitrogen and oxygen atoms in total. The Kier molecular flexibility index (Phi) is 5.62. The quantitative estimate of drug-likeness (QED) is 0.406. The van der Waals surface area contributed by atoms with Gasteiger partial charge in [0.2, 0.25) is 11.8 Å². The van der Waals surface area contributed by atoms with E-state index in [4.69, 9.17) is 9.26 Å². The van der Waals surface area contributed by atoms with Crippen LogP contribution in [0.1, 0.15) is 40.4 Å². The largest absolute Gasteiger partial charge is 0.452 e. The molecule has 1 N–H and O–H groups in total. The number of hydrogen-bond acceptors (Lipinski definition) is 7. The summed E-state index contributed by atoms with van der Waals surface area (Å²) in [6, 6.07) is 17.9. The summed E-state index contributed by atoms with van der Waals surface area (Å²) in [6.07, 6.45) is 1.84. The van der Waals surface area contributed by atoms with Crippen LogP contribution >= 0.6 is 0 Å². The second-order valence-corrected chi connectivity index (χ2v) is 9.97. The smallest absolute Gasteiger partial charge is 0.338 e. The highest BCUT2D eigenvalue weighted by atomic mass is 16.5. The predicted molar refractivity (Wildman–Crippen MR) is 131 cm³/mol. The zero-order chi connectivity index (χ0) is 25.7. The SMILES string of the molecule is Cc1cc(NC(=O)COC(=O)c2ccc(N3C(=O)[C@@H]4[C@@H]5C[C@@H]([C@@H]4C3=O)[C@H](c3ccccc3)C5)cc2)no1. The van der Waals surface area contributed by atoms with Crippen molar-refractivity contribution in [3.05, 3.63) is 77.6 Å². The molecule has 0 spiro atoms. The number of imide groups is 1. The van der Waals surface area contributed by atoms with Crippen LogP contribution in [0, 0.1) is 30.6 Å². The lowest BCUT2D eigenvalue weighted by Crippen LogP contribution is -2.33. The van der Waals surface area contributed by atoms with Crippen molar-refractivity contribution in [2.24, 2.45) is 23.7 Å². The molecule has 2 bridgehead atoms. The Morgan fingerprint density at radius 2 is 1.76 bits per heavy atom. The van der Waals surface area contributed by atoms with Gasteiger partial charge in [-0.3, -0.25) is 19.3 Å². The zero-order valence-electron chi connectivity index (χ0n) is 20.1. The van der Waals surface area contributed by atoms with Crippen molar-refractivity contribution in [1.82, 2.24) is 5.16 Å². The highest BCUT2D eigenvalue weighted by molar-refractivity contribution is 6.22. The molecular formula is C28H25N3O6. The minimum atomic E-state index is -0.697. The molecule has 188 valence electrons. The van der Waals surface area contributed by atoms with Gasteiger partial charge in [0.25, 0.3) is 5.91 Å². The molecule has 1 aromatic heterocycles. The van der Waals surface area contributed by atoms with Crippen LogP contribution in [-0.2, 0) is 19.1 Å². The van der Waals surface area contributed by atoms with Crippen molar-refractivity contribution < 1.29 is 28.4 Å². The van der Waals surface area contributed by atoms with Crippen LogP contribution < -0.4 is 10.2 Å². The molecule has 2 saturated carbocycles. The summed E-state index contributed by atoms with van der Waals surface area (Å²) < 4.78 is 9.94. The molecule has 0 unspecified atom stereocenters. The van der Waals surface area contributed by atoms with Crippen LogP contribution in [0.4, 0.5) is 11.5 Å². The van der Waals surface area contributed by atoms with Crippen LogP contribution in [0.5, 0.6) is 0 Å². The first kappa shape index (κ1) is 23.1. The Bertz CT molecular complexity index is 1380. The minimum Gasteiger partial charge on any atom is -0.452 e. The van der Waals surface area contributed by atoms with E-state index in [9.17, 15) is 19.2 Å². The molecule has 37 heavy (non-hydrogen) atoms. The molecule has 3 fully saturated rings. The maximum atomic E-state index is 13.5. The Morgan fingerprint density at radius 1 is 1.03 bits per heavy atom. The minimum absolute atomic E-state index is 0.149. The number of aryl methyl sites for hydroxylation is 1. The molecule has 6 rings (SSSR count). The summed E-state index contributed by atoms with van der Waals surface area (Å²) in [5, 5.41) is 6.11. The zero-order valence-corrected chi connectivity index (χ0v) is 20.1. The molecule has 2 aromatic carbocycles. The number of carbonyl (C=O) groups excluding carboxylic acids is 4. The molecule has 1 aliphatic heterocycles. The fraction of sp³-hybridized carbons (Fsp3) is 0.321. The van der Waals surface area contributed by atoms with Gasteiger partial charge in [0.1, 0.15) is 5.76 Å². The van der Waals surface area contributed by atoms with Crippen molar-refractivity contribution >= 4 is 35.2 Å². The van der Waals surface area contributed by atoms with Gasteiger partial charge >= 0.3 is 5.97 Å². The number of rotatable bonds is 6. The number of hydrogen-bond donors (Lipinski definition) is 1. The predicted octanol–water partition coefficient (Wildman–Crippen LogP) is 3.71. The van der Waals surface area contributed by atoms with Gasteiger partial charge < -0.3 is 14.6 Å². The Hall–Kier alpha value is -4.27. The van der Waals surface area contributed by atoms with Gasteiger partial charge in [0.15, 0.2) is 12.4 Å². The van der Waals surface area contributed by atoms with Crippen LogP contribution in [0.3, 0.4) is 0 Å². The van der Waals surface area contributed by atoms with Gasteiger partial charge in [-0.2, -0.15) is 0 Å². The van der Waals surface area contributed by atoms with Crippen LogP contribution in [0.15, 0.2) is 65.2 Å². The molecule has 3 aliphatic rings. The molecule has 2 heterocycles. The average molecular weight is 500 g/mol. The normalized spacial score (nSPS) is 25.9. The number of nitrogens with zero attached hydrogens (tertiary/aromatic N) is 2. The maximum absolute atomic E-state index is 13.5. The van der Waals surface area contributed by atoms with Gasteiger partial charge in [0.05, 0.1) is 23.1 Å². The summed E-state index contributed by atoms with van der Waals surface area (Å²) in [7, 11) is 0. The van der Waals surface area contributed by atoms with E-state index in [1.54, 1.807) is 25.1 Å². The van der Waals surface area contributed by atoms with E-state index in [-0.39, 0.29) is 46.9 Å². The first-order chi connectivity index (χ1) is 17.9. The fourth-order valence-corrected chi connectivity index (χ4v) is 6.36. The summed E-state index contributed by atoms with van der Waals surface area (Å²) in [4.78, 5) is 52.5. The number of carbonyl (C=O) groups is 4. The molecule has 1 saturated heterocycles. The number of aromatic nitrogens is 1. The maximum Gasteiger partial charge on any atom is 0.338 e. The Morgan fingerprint density at radius 3 is 2.46 bits per heavy atom. The molecular weight excluding hydrogens is 474 g/mol. The molecule has 9 heteroatoms. The van der Waals surface area contributed by atoms with E-state index in [1.807, 2.05) is 18.2 Å². The van der Waals surface area contributed by atoms with Gasteiger partial charge in [-0.15, -0.1) is 0 Å². The van der Waals surface area contributed by atoms with Gasteiger partial charge in [-0.25, -0.2) is 4.79 Å². The third-order valence-electron chi connectivity index (χ3n) is 7.83. The fourth-order valence-electron chi connectivity index (χ4n) is 6.36. The van der Waals surface area contributed by atoms with Crippen molar-refractivity contribution in [2.45, 2.75) is 25.7 Å². The topological polar surface area (TPSA) is 119 Å². The Labute approximate surface area is 212 Å². The number of benzene rings is 2. The van der Waals surface area contributed by atoms with Crippen molar-refractivity contribution in [3.8, 4) is 0 Å². The number of nitrogens with one attached hydrogen (secondary N) is 1. The monoisotopic (exact) mass is 499 g/mol. The third-order valence-corrected chi connectivity index (χ3v) is 7.83. The highest BCUT2D eigenvalue weighted by Crippen LogP contribution is 2.61. The van der Waals surface area contributed by atoms with Crippen molar-refractivity contribution in [3.63, 3.8) is 0 Å². The first-order valence-corrected chi connectivity index (χ1v) is 12.3. The van der Waals surface area contributed by atoms with Gasteiger partial charge in [-0.1, -0.05) is 35.5 Å². The lowest BCUT2D eigenvalue weighted by atomic mass is 9.73. The third kappa shape index (κ3) is 4.00. The second kappa shape index (κ2) is 8.99. The summed E-state index contributed by atoms with van der Waals surface area (Å²) in [5.74, 6) is -0.676. The van der Waals surface area contributed by atoms with Crippen molar-refractivity contribution in [1.29, 1.82) is 0 Å². The van der Waals surface area contributed by atoms with E-state index in [0.717, 1.165) is 12.8 Å². The van der Waals surface area contributed by atoms with Gasteiger partial charge in [0, 0.05) is 6.07 Å². The lowest BCUT2D eigenvalue weighted by Gasteiger charge is -2.28. The summed E-state index contributed by atoms with van der Waals surface area (Å²) in [5.41, 5.74) is 1.88. The van der Waals surface area contributed by atoms with Crippen molar-refractivity contribution in [2.75, 3.05) is 16.8 Å². The average Bonchev–Trinajstić information content (AvgIpc) is 3.67. The first-order valence-electron chi connectivity index (χ1n) is 12.3. The van der Waals surface area contributed by atoms with E-state index >= 15 is 0 Å². The number of fused-ring (bicyclic) bond motifs is 5. The standard InChI is InChI=1S/C28H25N3O6/c1-15-11-22(30-37-15)29-23(32)14-36-28(35)17-7-9-19(10-8-17)31-26(33)24-18-12-20(16-5-3-2-4-6-16)21(13-18)25(24)27(31)34/h2-11,18,20-21,24-25H,12-14H2,1H3,(H,29,30,32)/t18-,20-,21+,24+,25-/m0/s1. The van der Waals surface area contributed by atoms with Crippen LogP contribution in [0.25, 0.3) is 0 Å². The number of anilines is 2. The van der Waals surface area contributed by atoms with Crippen LogP contribution in [0.2, 0.25) is 0 Å². The van der Waals surface area contributed by atoms with E-state index in [2.05, 4.69) is 22.6 Å². The van der Waals surface area contributed by atoms with E-state index < -0.39 is 18.5 Å². The molecule has 0 radical (unpaired) electrons. The van der Waals surface area contributed by atoms with E-state index in [0.29, 0.717) is 17.4 Å². The molecule has 2 aliphatic carbocycles. The molecule has 3 amide bonds. The van der Waals surface area contributed by atoms with Crippen LogP contribution in [-0.4, -0.2) is 35.5 Å². The second-order valence-electron chi connectivity index (χ2n) is 9.97. The molecule has 3 aromatic rings. The Balaban J connectivity index is 1.11. The highest BCUT2D eigenvalue weighted by Gasteiger charge is 2.64. The number of ether oxygens (including phenoxy) is 1. The number of esters is 1.